The van der Waals surface area contributed by atoms with Crippen LogP contribution >= 0.6 is 0 Å². The minimum atomic E-state index is -0.410. The van der Waals surface area contributed by atoms with Crippen molar-refractivity contribution < 1.29 is 9.84 Å². The van der Waals surface area contributed by atoms with E-state index in [9.17, 15) is 5.11 Å². The summed E-state index contributed by atoms with van der Waals surface area (Å²) >= 11 is 0. The van der Waals surface area contributed by atoms with Gasteiger partial charge in [0.25, 0.3) is 0 Å². The van der Waals surface area contributed by atoms with Gasteiger partial charge in [-0.1, -0.05) is 12.1 Å². The summed E-state index contributed by atoms with van der Waals surface area (Å²) in [6.45, 7) is 0.644. The highest BCUT2D eigenvalue weighted by molar-refractivity contribution is 5.88. The standard InChI is InChI=1S/C15H18N2O2/c1-19-15-6-10(18)8-17-13(15)5-9-7-16-12-4-2-3-11(15)14(9)12/h2-4,7,10,13,16-18H,5-6,8H2,1H3/t10-,13-,15+/m1/s1. The summed E-state index contributed by atoms with van der Waals surface area (Å²) in [5.41, 5.74) is 3.28. The van der Waals surface area contributed by atoms with Crippen molar-refractivity contribution in [2.24, 2.45) is 0 Å². The number of β-amino-alcohol motifs (C(OH)–C–C–N with tert-alkyl or cyclic N) is 1. The second-order valence-corrected chi connectivity index (χ2v) is 5.66. The molecule has 4 heteroatoms. The Balaban J connectivity index is 2.00. The third kappa shape index (κ3) is 1.39. The molecule has 2 aromatic rings. The van der Waals surface area contributed by atoms with Crippen LogP contribution in [-0.2, 0) is 16.8 Å². The first-order chi connectivity index (χ1) is 9.24. The molecule has 3 atom stereocenters. The molecule has 1 aromatic heterocycles. The van der Waals surface area contributed by atoms with Gasteiger partial charge in [0.1, 0.15) is 5.60 Å². The second kappa shape index (κ2) is 3.82. The summed E-state index contributed by atoms with van der Waals surface area (Å²) < 4.78 is 5.93. The van der Waals surface area contributed by atoms with Gasteiger partial charge in [0.15, 0.2) is 0 Å². The molecule has 1 aliphatic carbocycles. The van der Waals surface area contributed by atoms with E-state index in [0.717, 1.165) is 11.9 Å². The lowest BCUT2D eigenvalue weighted by Crippen LogP contribution is -2.60. The summed E-state index contributed by atoms with van der Waals surface area (Å²) in [5, 5.41) is 14.8. The van der Waals surface area contributed by atoms with Gasteiger partial charge in [0.2, 0.25) is 0 Å². The molecule has 2 aliphatic rings. The molecule has 0 unspecified atom stereocenters. The fourth-order valence-electron chi connectivity index (χ4n) is 3.87. The summed E-state index contributed by atoms with van der Waals surface area (Å²) in [5.74, 6) is 0. The molecule has 1 aliphatic heterocycles. The minimum absolute atomic E-state index is 0.231. The number of hydrogen-bond donors (Lipinski definition) is 3. The first-order valence-corrected chi connectivity index (χ1v) is 6.80. The number of aromatic nitrogens is 1. The highest BCUT2D eigenvalue weighted by atomic mass is 16.5. The number of hydrogen-bond acceptors (Lipinski definition) is 3. The van der Waals surface area contributed by atoms with E-state index >= 15 is 0 Å². The Hall–Kier alpha value is -1.36. The van der Waals surface area contributed by atoms with Gasteiger partial charge in [-0.25, -0.2) is 0 Å². The molecule has 4 rings (SSSR count). The number of ether oxygens (including phenoxy) is 1. The van der Waals surface area contributed by atoms with Crippen LogP contribution in [0.2, 0.25) is 0 Å². The number of aromatic amines is 1. The molecule has 1 aromatic carbocycles. The molecular weight excluding hydrogens is 240 g/mol. The highest BCUT2D eigenvalue weighted by Crippen LogP contribution is 2.45. The molecule has 19 heavy (non-hydrogen) atoms. The second-order valence-electron chi connectivity index (χ2n) is 5.66. The lowest BCUT2D eigenvalue weighted by Gasteiger charge is -2.48. The van der Waals surface area contributed by atoms with Crippen molar-refractivity contribution in [3.05, 3.63) is 35.5 Å². The van der Waals surface area contributed by atoms with Crippen LogP contribution in [-0.4, -0.2) is 35.9 Å². The average Bonchev–Trinajstić information content (AvgIpc) is 2.84. The maximum Gasteiger partial charge on any atom is 0.111 e. The third-order valence-corrected chi connectivity index (χ3v) is 4.73. The number of fused-ring (bicyclic) bond motifs is 2. The van der Waals surface area contributed by atoms with Crippen LogP contribution in [0.1, 0.15) is 17.5 Å². The van der Waals surface area contributed by atoms with Crippen LogP contribution in [0.4, 0.5) is 0 Å². The number of piperidine rings is 1. The molecule has 1 saturated heterocycles. The van der Waals surface area contributed by atoms with Gasteiger partial charge < -0.3 is 20.1 Å². The van der Waals surface area contributed by atoms with E-state index in [1.807, 2.05) is 0 Å². The van der Waals surface area contributed by atoms with Crippen LogP contribution in [0.3, 0.4) is 0 Å². The van der Waals surface area contributed by atoms with Crippen molar-refractivity contribution in [3.63, 3.8) is 0 Å². The smallest absolute Gasteiger partial charge is 0.111 e. The van der Waals surface area contributed by atoms with Crippen molar-refractivity contribution in [1.82, 2.24) is 10.3 Å². The molecular formula is C15H18N2O2. The number of rotatable bonds is 1. The highest BCUT2D eigenvalue weighted by Gasteiger charge is 2.49. The molecule has 2 heterocycles. The van der Waals surface area contributed by atoms with Gasteiger partial charge in [0, 0.05) is 43.2 Å². The van der Waals surface area contributed by atoms with Crippen molar-refractivity contribution in [1.29, 1.82) is 0 Å². The Kier molecular flexibility index (Phi) is 2.31. The Morgan fingerprint density at radius 1 is 1.42 bits per heavy atom. The zero-order valence-electron chi connectivity index (χ0n) is 10.9. The van der Waals surface area contributed by atoms with Crippen LogP contribution in [0.15, 0.2) is 24.4 Å². The maximum atomic E-state index is 10.0. The van der Waals surface area contributed by atoms with Gasteiger partial charge >= 0.3 is 0 Å². The Morgan fingerprint density at radius 2 is 2.32 bits per heavy atom. The van der Waals surface area contributed by atoms with E-state index < -0.39 is 5.60 Å². The Labute approximate surface area is 111 Å². The van der Waals surface area contributed by atoms with E-state index in [2.05, 4.69) is 34.7 Å². The zero-order chi connectivity index (χ0) is 13.0. The van der Waals surface area contributed by atoms with E-state index in [4.69, 9.17) is 4.74 Å². The van der Waals surface area contributed by atoms with Gasteiger partial charge in [-0.15, -0.1) is 0 Å². The molecule has 0 spiro atoms. The zero-order valence-corrected chi connectivity index (χ0v) is 10.9. The summed E-state index contributed by atoms with van der Waals surface area (Å²) in [6.07, 6.45) is 3.34. The van der Waals surface area contributed by atoms with Gasteiger partial charge in [-0.2, -0.15) is 0 Å². The Morgan fingerprint density at radius 3 is 3.16 bits per heavy atom. The molecule has 0 radical (unpaired) electrons. The first kappa shape index (κ1) is 11.5. The van der Waals surface area contributed by atoms with E-state index in [1.165, 1.54) is 16.5 Å². The van der Waals surface area contributed by atoms with Gasteiger partial charge in [0.05, 0.1) is 6.10 Å². The lowest BCUT2D eigenvalue weighted by atomic mass is 9.71. The normalized spacial score (nSPS) is 33.4. The van der Waals surface area contributed by atoms with Crippen LogP contribution < -0.4 is 5.32 Å². The molecule has 1 fully saturated rings. The molecule has 0 bridgehead atoms. The maximum absolute atomic E-state index is 10.0. The molecule has 100 valence electrons. The van der Waals surface area contributed by atoms with E-state index in [1.54, 1.807) is 7.11 Å². The third-order valence-electron chi connectivity index (χ3n) is 4.73. The number of aliphatic hydroxyl groups is 1. The molecule has 0 amide bonds. The predicted molar refractivity (Wildman–Crippen MR) is 73.1 cm³/mol. The van der Waals surface area contributed by atoms with Crippen molar-refractivity contribution in [3.8, 4) is 0 Å². The summed E-state index contributed by atoms with van der Waals surface area (Å²) in [6, 6.07) is 6.52. The largest absolute Gasteiger partial charge is 0.392 e. The van der Waals surface area contributed by atoms with E-state index in [-0.39, 0.29) is 12.1 Å². The van der Waals surface area contributed by atoms with Crippen LogP contribution in [0, 0.1) is 0 Å². The Bertz CT molecular complexity index is 636. The van der Waals surface area contributed by atoms with Gasteiger partial charge in [-0.3, -0.25) is 0 Å². The van der Waals surface area contributed by atoms with Crippen LogP contribution in [0.5, 0.6) is 0 Å². The molecule has 0 saturated carbocycles. The first-order valence-electron chi connectivity index (χ1n) is 6.80. The van der Waals surface area contributed by atoms with Crippen LogP contribution in [0.25, 0.3) is 10.9 Å². The minimum Gasteiger partial charge on any atom is -0.392 e. The number of aliphatic hydroxyl groups excluding tert-OH is 1. The fraction of sp³-hybridized carbons (Fsp3) is 0.467. The number of nitrogens with one attached hydrogen (secondary N) is 2. The SMILES string of the molecule is CO[C@]12C[C@@H](O)CN[C@@H]1Cc1c[nH]c3cccc2c13. The van der Waals surface area contributed by atoms with Crippen molar-refractivity contribution in [2.45, 2.75) is 30.6 Å². The quantitative estimate of drug-likeness (QED) is 0.722. The number of benzene rings is 1. The summed E-state index contributed by atoms with van der Waals surface area (Å²) in [4.78, 5) is 3.34. The van der Waals surface area contributed by atoms with Crippen molar-refractivity contribution >= 4 is 10.9 Å². The molecule has 4 nitrogen and oxygen atoms in total. The lowest BCUT2D eigenvalue weighted by molar-refractivity contribution is -0.100. The number of H-pyrrole nitrogens is 1. The molecule has 3 N–H and O–H groups in total. The topological polar surface area (TPSA) is 57.3 Å². The fourth-order valence-corrected chi connectivity index (χ4v) is 3.87. The van der Waals surface area contributed by atoms with Gasteiger partial charge in [-0.05, 0) is 23.6 Å². The van der Waals surface area contributed by atoms with Crippen molar-refractivity contribution in [2.75, 3.05) is 13.7 Å². The number of methoxy groups -OCH3 is 1. The van der Waals surface area contributed by atoms with E-state index in [0.29, 0.717) is 13.0 Å². The monoisotopic (exact) mass is 258 g/mol. The average molecular weight is 258 g/mol. The predicted octanol–water partition coefficient (Wildman–Crippen LogP) is 1.29. The summed E-state index contributed by atoms with van der Waals surface area (Å²) in [7, 11) is 1.75.